The van der Waals surface area contributed by atoms with Crippen molar-refractivity contribution in [3.8, 4) is 11.5 Å². The Morgan fingerprint density at radius 3 is 2.53 bits per heavy atom. The fourth-order valence-corrected chi connectivity index (χ4v) is 3.25. The zero-order valence-electron chi connectivity index (χ0n) is 11.5. The van der Waals surface area contributed by atoms with Crippen molar-refractivity contribution in [2.75, 3.05) is 18.6 Å². The maximum atomic E-state index is 6.15. The summed E-state index contributed by atoms with van der Waals surface area (Å²) >= 11 is 1.92. The van der Waals surface area contributed by atoms with Gasteiger partial charge in [0.05, 0.1) is 7.11 Å². The lowest BCUT2D eigenvalue weighted by molar-refractivity contribution is 0.228. The summed E-state index contributed by atoms with van der Waals surface area (Å²) in [6.45, 7) is 2.10. The predicted molar refractivity (Wildman–Crippen MR) is 79.3 cm³/mol. The SMILES string of the molecule is COc1ccc(C2(C(C)N)CC2)cc1OC1CSC1. The van der Waals surface area contributed by atoms with E-state index in [-0.39, 0.29) is 11.5 Å². The molecule has 1 aliphatic carbocycles. The molecule has 1 aromatic rings. The van der Waals surface area contributed by atoms with Crippen LogP contribution in [0, 0.1) is 0 Å². The number of rotatable bonds is 5. The molecule has 104 valence electrons. The first-order valence-corrected chi connectivity index (χ1v) is 8.00. The van der Waals surface area contributed by atoms with E-state index in [1.54, 1.807) is 7.11 Å². The van der Waals surface area contributed by atoms with Crippen LogP contribution >= 0.6 is 11.8 Å². The van der Waals surface area contributed by atoms with Crippen molar-refractivity contribution in [3.63, 3.8) is 0 Å². The molecule has 1 saturated heterocycles. The van der Waals surface area contributed by atoms with Crippen LogP contribution in [0.15, 0.2) is 18.2 Å². The summed E-state index contributed by atoms with van der Waals surface area (Å²) in [4.78, 5) is 0. The summed E-state index contributed by atoms with van der Waals surface area (Å²) in [5.41, 5.74) is 7.61. The molecule has 4 heteroatoms. The second kappa shape index (κ2) is 4.91. The summed E-state index contributed by atoms with van der Waals surface area (Å²) in [7, 11) is 1.69. The van der Waals surface area contributed by atoms with E-state index in [9.17, 15) is 0 Å². The fourth-order valence-electron chi connectivity index (χ4n) is 2.68. The number of hydrogen-bond acceptors (Lipinski definition) is 4. The summed E-state index contributed by atoms with van der Waals surface area (Å²) < 4.78 is 11.4. The van der Waals surface area contributed by atoms with E-state index in [2.05, 4.69) is 19.1 Å². The van der Waals surface area contributed by atoms with Gasteiger partial charge in [-0.3, -0.25) is 0 Å². The minimum absolute atomic E-state index is 0.165. The highest BCUT2D eigenvalue weighted by Gasteiger charge is 2.47. The molecule has 1 saturated carbocycles. The zero-order valence-corrected chi connectivity index (χ0v) is 12.3. The van der Waals surface area contributed by atoms with Gasteiger partial charge in [0, 0.05) is 23.0 Å². The van der Waals surface area contributed by atoms with E-state index in [1.807, 2.05) is 17.8 Å². The van der Waals surface area contributed by atoms with E-state index in [1.165, 1.54) is 18.4 Å². The van der Waals surface area contributed by atoms with Gasteiger partial charge in [-0.2, -0.15) is 11.8 Å². The van der Waals surface area contributed by atoms with Crippen LogP contribution in [-0.2, 0) is 5.41 Å². The quantitative estimate of drug-likeness (QED) is 0.899. The smallest absolute Gasteiger partial charge is 0.161 e. The molecule has 3 rings (SSSR count). The molecule has 0 spiro atoms. The van der Waals surface area contributed by atoms with Gasteiger partial charge in [0.2, 0.25) is 0 Å². The highest BCUT2D eigenvalue weighted by atomic mass is 32.2. The Balaban J connectivity index is 1.88. The van der Waals surface area contributed by atoms with Gasteiger partial charge in [0.1, 0.15) is 6.10 Å². The van der Waals surface area contributed by atoms with Gasteiger partial charge in [-0.15, -0.1) is 0 Å². The van der Waals surface area contributed by atoms with Crippen molar-refractivity contribution in [1.29, 1.82) is 0 Å². The molecule has 2 N–H and O–H groups in total. The van der Waals surface area contributed by atoms with Crippen molar-refractivity contribution in [2.45, 2.75) is 37.3 Å². The normalized spacial score (nSPS) is 22.5. The predicted octanol–water partition coefficient (Wildman–Crippen LogP) is 2.57. The Labute approximate surface area is 118 Å². The van der Waals surface area contributed by atoms with E-state index in [0.29, 0.717) is 6.10 Å². The Kier molecular flexibility index (Phi) is 3.39. The molecule has 1 unspecified atom stereocenters. The average Bonchev–Trinajstić information content (AvgIpc) is 3.15. The van der Waals surface area contributed by atoms with Crippen molar-refractivity contribution in [3.05, 3.63) is 23.8 Å². The molecule has 3 nitrogen and oxygen atoms in total. The van der Waals surface area contributed by atoms with E-state index in [0.717, 1.165) is 23.0 Å². The molecule has 0 aromatic heterocycles. The highest BCUT2D eigenvalue weighted by molar-refractivity contribution is 8.00. The third kappa shape index (κ3) is 2.32. The third-order valence-electron chi connectivity index (χ3n) is 4.30. The topological polar surface area (TPSA) is 44.5 Å². The maximum Gasteiger partial charge on any atom is 0.161 e. The first-order chi connectivity index (χ1) is 9.15. The minimum atomic E-state index is 0.165. The number of methoxy groups -OCH3 is 1. The fraction of sp³-hybridized carbons (Fsp3) is 0.600. The highest BCUT2D eigenvalue weighted by Crippen LogP contribution is 2.51. The minimum Gasteiger partial charge on any atom is -0.493 e. The second-order valence-electron chi connectivity index (χ2n) is 5.59. The molecule has 0 amide bonds. The molecular weight excluding hydrogens is 258 g/mol. The number of ether oxygens (including phenoxy) is 2. The molecular formula is C15H21NO2S. The first kappa shape index (κ1) is 13.1. The van der Waals surface area contributed by atoms with Gasteiger partial charge in [-0.05, 0) is 37.5 Å². The van der Waals surface area contributed by atoms with Gasteiger partial charge < -0.3 is 15.2 Å². The van der Waals surface area contributed by atoms with Crippen LogP contribution in [0.5, 0.6) is 11.5 Å². The van der Waals surface area contributed by atoms with Gasteiger partial charge in [-0.25, -0.2) is 0 Å². The van der Waals surface area contributed by atoms with Gasteiger partial charge in [0.15, 0.2) is 11.5 Å². The van der Waals surface area contributed by atoms with E-state index in [4.69, 9.17) is 15.2 Å². The molecule has 1 atom stereocenters. The molecule has 1 heterocycles. The van der Waals surface area contributed by atoms with Crippen molar-refractivity contribution in [2.24, 2.45) is 5.73 Å². The molecule has 0 radical (unpaired) electrons. The lowest BCUT2D eigenvalue weighted by Gasteiger charge is -2.28. The van der Waals surface area contributed by atoms with Gasteiger partial charge in [0.25, 0.3) is 0 Å². The van der Waals surface area contributed by atoms with Crippen molar-refractivity contribution < 1.29 is 9.47 Å². The van der Waals surface area contributed by atoms with Crippen LogP contribution in [0.3, 0.4) is 0 Å². The standard InChI is InChI=1S/C15H21NO2S/c1-10(16)15(5-6-15)11-3-4-13(17-2)14(7-11)18-12-8-19-9-12/h3-4,7,10,12H,5-6,8-9,16H2,1-2H3. The number of nitrogens with two attached hydrogens (primary N) is 1. The maximum absolute atomic E-state index is 6.15. The Hall–Kier alpha value is -0.870. The Morgan fingerprint density at radius 2 is 2.05 bits per heavy atom. The second-order valence-corrected chi connectivity index (χ2v) is 6.66. The van der Waals surface area contributed by atoms with Crippen LogP contribution in [0.25, 0.3) is 0 Å². The molecule has 2 fully saturated rings. The average molecular weight is 279 g/mol. The van der Waals surface area contributed by atoms with Gasteiger partial charge >= 0.3 is 0 Å². The van der Waals surface area contributed by atoms with E-state index < -0.39 is 0 Å². The molecule has 2 aliphatic rings. The Morgan fingerprint density at radius 1 is 1.32 bits per heavy atom. The van der Waals surface area contributed by atoms with Crippen LogP contribution in [0.1, 0.15) is 25.3 Å². The van der Waals surface area contributed by atoms with E-state index >= 15 is 0 Å². The molecule has 1 aliphatic heterocycles. The number of hydrogen-bond donors (Lipinski definition) is 1. The van der Waals surface area contributed by atoms with Crippen LogP contribution in [0.2, 0.25) is 0 Å². The lowest BCUT2D eigenvalue weighted by atomic mass is 9.89. The van der Waals surface area contributed by atoms with Crippen LogP contribution in [0.4, 0.5) is 0 Å². The monoisotopic (exact) mass is 279 g/mol. The van der Waals surface area contributed by atoms with Crippen LogP contribution in [-0.4, -0.2) is 30.8 Å². The summed E-state index contributed by atoms with van der Waals surface area (Å²) in [5.74, 6) is 3.84. The largest absolute Gasteiger partial charge is 0.493 e. The third-order valence-corrected chi connectivity index (χ3v) is 5.51. The van der Waals surface area contributed by atoms with Crippen molar-refractivity contribution in [1.82, 2.24) is 0 Å². The van der Waals surface area contributed by atoms with Gasteiger partial charge in [-0.1, -0.05) is 6.07 Å². The number of thioether (sulfide) groups is 1. The first-order valence-electron chi connectivity index (χ1n) is 6.84. The van der Waals surface area contributed by atoms with Crippen molar-refractivity contribution >= 4 is 11.8 Å². The molecule has 19 heavy (non-hydrogen) atoms. The Bertz CT molecular complexity index is 467. The zero-order chi connectivity index (χ0) is 13.5. The number of benzene rings is 1. The molecule has 1 aromatic carbocycles. The summed E-state index contributed by atoms with van der Waals surface area (Å²) in [6, 6.07) is 6.47. The van der Waals surface area contributed by atoms with Crippen LogP contribution < -0.4 is 15.2 Å². The molecule has 0 bridgehead atoms. The summed E-state index contributed by atoms with van der Waals surface area (Å²) in [6.07, 6.45) is 2.69. The lowest BCUT2D eigenvalue weighted by Crippen LogP contribution is -2.32. The summed E-state index contributed by atoms with van der Waals surface area (Å²) in [5, 5.41) is 0.